The summed E-state index contributed by atoms with van der Waals surface area (Å²) in [6.07, 6.45) is 1.50. The average Bonchev–Trinajstić information content (AvgIpc) is 2.76. The molecule has 0 aliphatic heterocycles. The van der Waals surface area contributed by atoms with Crippen LogP contribution in [-0.4, -0.2) is 45.1 Å². The summed E-state index contributed by atoms with van der Waals surface area (Å²) < 4.78 is 0. The molecule has 0 fully saturated rings. The number of rotatable bonds is 4. The van der Waals surface area contributed by atoms with Gasteiger partial charge in [0.25, 0.3) is 5.91 Å². The summed E-state index contributed by atoms with van der Waals surface area (Å²) >= 11 is 1.12. The molecule has 0 aliphatic carbocycles. The molecule has 5 N–H and O–H groups in total. The van der Waals surface area contributed by atoms with Crippen LogP contribution in [0.15, 0.2) is 12.3 Å². The molecule has 0 spiro atoms. The van der Waals surface area contributed by atoms with Crippen molar-refractivity contribution in [1.82, 2.24) is 15.5 Å². The zero-order valence-corrected chi connectivity index (χ0v) is 11.1. The van der Waals surface area contributed by atoms with E-state index >= 15 is 0 Å². The van der Waals surface area contributed by atoms with Crippen LogP contribution in [0.3, 0.4) is 0 Å². The summed E-state index contributed by atoms with van der Waals surface area (Å²) in [5.74, 6) is -0.453. The molecule has 2 aromatic heterocycles. The molecule has 0 aliphatic rings. The summed E-state index contributed by atoms with van der Waals surface area (Å²) in [6, 6.07) is 1.68. The van der Waals surface area contributed by atoms with Crippen molar-refractivity contribution in [2.24, 2.45) is 0 Å². The number of anilines is 1. The lowest BCUT2D eigenvalue weighted by atomic mass is 10.1. The minimum Gasteiger partial charge on any atom is -0.397 e. The predicted molar refractivity (Wildman–Crippen MR) is 71.9 cm³/mol. The van der Waals surface area contributed by atoms with Crippen molar-refractivity contribution in [2.75, 3.05) is 18.9 Å². The molecule has 7 nitrogen and oxygen atoms in total. The summed E-state index contributed by atoms with van der Waals surface area (Å²) in [7, 11) is 0. The van der Waals surface area contributed by atoms with Crippen molar-refractivity contribution in [3.8, 4) is 0 Å². The SMILES string of the molecule is CC(CO)(CO)NC(=O)c1sc2nnccc2c1N. The number of amides is 1. The first-order valence-electron chi connectivity index (χ1n) is 5.54. The Morgan fingerprint density at radius 2 is 2.21 bits per heavy atom. The molecule has 2 aromatic rings. The highest BCUT2D eigenvalue weighted by Gasteiger charge is 2.27. The molecule has 8 heteroatoms. The first kappa shape index (κ1) is 13.7. The summed E-state index contributed by atoms with van der Waals surface area (Å²) in [5.41, 5.74) is 5.13. The topological polar surface area (TPSA) is 121 Å². The van der Waals surface area contributed by atoms with E-state index < -0.39 is 11.4 Å². The van der Waals surface area contributed by atoms with Gasteiger partial charge in [-0.15, -0.1) is 16.4 Å². The molecule has 0 radical (unpaired) electrons. The minimum atomic E-state index is -1.09. The molecule has 0 saturated carbocycles. The quantitative estimate of drug-likeness (QED) is 0.613. The molecule has 2 rings (SSSR count). The molecule has 2 heterocycles. The highest BCUT2D eigenvalue weighted by molar-refractivity contribution is 7.21. The fourth-order valence-electron chi connectivity index (χ4n) is 1.50. The second-order valence-corrected chi connectivity index (χ2v) is 5.42. The van der Waals surface area contributed by atoms with Gasteiger partial charge in [0.05, 0.1) is 30.6 Å². The lowest BCUT2D eigenvalue weighted by molar-refractivity contribution is 0.0728. The number of thiophene rings is 1. The fraction of sp³-hybridized carbons (Fsp3) is 0.364. The van der Waals surface area contributed by atoms with E-state index in [1.807, 2.05) is 0 Å². The van der Waals surface area contributed by atoms with Gasteiger partial charge in [-0.2, -0.15) is 5.10 Å². The first-order chi connectivity index (χ1) is 9.00. The highest BCUT2D eigenvalue weighted by Crippen LogP contribution is 2.31. The number of hydrogen-bond acceptors (Lipinski definition) is 7. The van der Waals surface area contributed by atoms with Crippen LogP contribution >= 0.6 is 11.3 Å². The highest BCUT2D eigenvalue weighted by atomic mass is 32.1. The number of carbonyl (C=O) groups excluding carboxylic acids is 1. The van der Waals surface area contributed by atoms with Gasteiger partial charge in [-0.25, -0.2) is 0 Å². The minimum absolute atomic E-state index is 0.295. The van der Waals surface area contributed by atoms with E-state index in [1.165, 1.54) is 13.1 Å². The van der Waals surface area contributed by atoms with E-state index in [0.717, 1.165) is 11.3 Å². The number of nitrogens with one attached hydrogen (secondary N) is 1. The first-order valence-corrected chi connectivity index (χ1v) is 6.36. The normalized spacial score (nSPS) is 11.7. The van der Waals surface area contributed by atoms with E-state index in [2.05, 4.69) is 15.5 Å². The van der Waals surface area contributed by atoms with E-state index in [9.17, 15) is 4.79 Å². The van der Waals surface area contributed by atoms with Gasteiger partial charge in [0.15, 0.2) is 0 Å². The predicted octanol–water partition coefficient (Wildman–Crippen LogP) is -0.253. The van der Waals surface area contributed by atoms with Crippen molar-refractivity contribution in [3.63, 3.8) is 0 Å². The maximum atomic E-state index is 12.1. The van der Waals surface area contributed by atoms with Crippen molar-refractivity contribution in [2.45, 2.75) is 12.5 Å². The zero-order chi connectivity index (χ0) is 14.0. The molecule has 0 bridgehead atoms. The summed E-state index contributed by atoms with van der Waals surface area (Å²) in [4.78, 5) is 13.0. The Morgan fingerprint density at radius 1 is 1.53 bits per heavy atom. The number of nitrogen functional groups attached to an aromatic ring is 1. The largest absolute Gasteiger partial charge is 0.397 e. The lowest BCUT2D eigenvalue weighted by Gasteiger charge is -2.25. The Balaban J connectivity index is 2.34. The molecule has 19 heavy (non-hydrogen) atoms. The van der Waals surface area contributed by atoms with Crippen molar-refractivity contribution in [1.29, 1.82) is 0 Å². The Morgan fingerprint density at radius 3 is 2.79 bits per heavy atom. The van der Waals surface area contributed by atoms with Crippen LogP contribution < -0.4 is 11.1 Å². The van der Waals surface area contributed by atoms with Crippen molar-refractivity contribution >= 4 is 33.1 Å². The van der Waals surface area contributed by atoms with Gasteiger partial charge in [0.1, 0.15) is 9.71 Å². The Kier molecular flexibility index (Phi) is 3.65. The van der Waals surface area contributed by atoms with E-state index in [1.54, 1.807) is 6.07 Å². The van der Waals surface area contributed by atoms with Gasteiger partial charge in [-0.3, -0.25) is 4.79 Å². The zero-order valence-electron chi connectivity index (χ0n) is 10.3. The number of aliphatic hydroxyl groups is 2. The van der Waals surface area contributed by atoms with Crippen LogP contribution in [0, 0.1) is 0 Å². The van der Waals surface area contributed by atoms with Crippen LogP contribution in [0.1, 0.15) is 16.6 Å². The van der Waals surface area contributed by atoms with Crippen molar-refractivity contribution < 1.29 is 15.0 Å². The van der Waals surface area contributed by atoms with Gasteiger partial charge < -0.3 is 21.3 Å². The lowest BCUT2D eigenvalue weighted by Crippen LogP contribution is -2.51. The molecule has 0 atom stereocenters. The number of nitrogens with two attached hydrogens (primary N) is 1. The maximum Gasteiger partial charge on any atom is 0.264 e. The molecule has 1 amide bonds. The fourth-order valence-corrected chi connectivity index (χ4v) is 2.43. The molecule has 0 saturated heterocycles. The van der Waals surface area contributed by atoms with E-state index in [0.29, 0.717) is 20.8 Å². The smallest absolute Gasteiger partial charge is 0.264 e. The van der Waals surface area contributed by atoms with Gasteiger partial charge in [-0.05, 0) is 13.0 Å². The monoisotopic (exact) mass is 282 g/mol. The summed E-state index contributed by atoms with van der Waals surface area (Å²) in [5, 5.41) is 29.2. The number of fused-ring (bicyclic) bond motifs is 1. The number of carbonyl (C=O) groups is 1. The molecular weight excluding hydrogens is 268 g/mol. The van der Waals surface area contributed by atoms with Crippen LogP contribution in [0.4, 0.5) is 5.69 Å². The third-order valence-corrected chi connectivity index (χ3v) is 3.84. The van der Waals surface area contributed by atoms with Crippen LogP contribution in [0.25, 0.3) is 10.2 Å². The molecule has 0 unspecified atom stereocenters. The number of hydrogen-bond donors (Lipinski definition) is 4. The maximum absolute atomic E-state index is 12.1. The third-order valence-electron chi connectivity index (χ3n) is 2.74. The van der Waals surface area contributed by atoms with Gasteiger partial charge in [0, 0.05) is 5.39 Å². The summed E-state index contributed by atoms with van der Waals surface area (Å²) in [6.45, 7) is 0.786. The Labute approximate surface area is 113 Å². The van der Waals surface area contributed by atoms with Crippen LogP contribution in [0.2, 0.25) is 0 Å². The van der Waals surface area contributed by atoms with Gasteiger partial charge in [0.2, 0.25) is 0 Å². The van der Waals surface area contributed by atoms with E-state index in [-0.39, 0.29) is 13.2 Å². The molecule has 0 aromatic carbocycles. The van der Waals surface area contributed by atoms with Gasteiger partial charge in [-0.1, -0.05) is 0 Å². The number of aliphatic hydroxyl groups excluding tert-OH is 2. The standard InChI is InChI=1S/C11H14N4O3S/c1-11(4-16,5-17)14-9(18)8-7(12)6-2-3-13-15-10(6)19-8/h2-3,16-17H,4-5,12H2,1H3,(H,14,18). The second kappa shape index (κ2) is 5.08. The Hall–Kier alpha value is -1.77. The average molecular weight is 282 g/mol. The Bertz CT molecular complexity index is 609. The molecular formula is C11H14N4O3S. The number of nitrogens with zero attached hydrogens (tertiary/aromatic N) is 2. The van der Waals surface area contributed by atoms with Gasteiger partial charge >= 0.3 is 0 Å². The third kappa shape index (κ3) is 2.50. The molecule has 102 valence electrons. The van der Waals surface area contributed by atoms with Crippen LogP contribution in [-0.2, 0) is 0 Å². The van der Waals surface area contributed by atoms with Crippen molar-refractivity contribution in [3.05, 3.63) is 17.1 Å². The van der Waals surface area contributed by atoms with E-state index in [4.69, 9.17) is 15.9 Å². The number of aromatic nitrogens is 2. The second-order valence-electron chi connectivity index (χ2n) is 4.43. The van der Waals surface area contributed by atoms with Crippen LogP contribution in [0.5, 0.6) is 0 Å².